The summed E-state index contributed by atoms with van der Waals surface area (Å²) in [7, 11) is 1.66. The average Bonchev–Trinajstić information content (AvgIpc) is 2.81. The Morgan fingerprint density at radius 2 is 2.37 bits per heavy atom. The molecule has 0 saturated carbocycles. The van der Waals surface area contributed by atoms with Crippen LogP contribution < -0.4 is 5.32 Å². The zero-order valence-corrected chi connectivity index (χ0v) is 11.7. The van der Waals surface area contributed by atoms with E-state index in [0.29, 0.717) is 12.3 Å². The van der Waals surface area contributed by atoms with Crippen molar-refractivity contribution in [3.05, 3.63) is 34.6 Å². The minimum absolute atomic E-state index is 0.0941. The molecule has 0 radical (unpaired) electrons. The fourth-order valence-corrected chi connectivity index (χ4v) is 2.69. The van der Waals surface area contributed by atoms with Crippen LogP contribution in [0.4, 0.5) is 4.39 Å². The minimum Gasteiger partial charge on any atom is -0.359 e. The first-order valence-corrected chi connectivity index (χ1v) is 6.83. The van der Waals surface area contributed by atoms with Gasteiger partial charge in [0.2, 0.25) is 5.91 Å². The van der Waals surface area contributed by atoms with Gasteiger partial charge in [0.05, 0.1) is 5.02 Å². The second-order valence-electron chi connectivity index (χ2n) is 5.02. The van der Waals surface area contributed by atoms with Gasteiger partial charge < -0.3 is 5.32 Å². The average molecular weight is 285 g/mol. The first-order chi connectivity index (χ1) is 9.08. The Morgan fingerprint density at radius 1 is 1.58 bits per heavy atom. The van der Waals surface area contributed by atoms with Gasteiger partial charge in [-0.1, -0.05) is 17.7 Å². The molecule has 3 nitrogen and oxygen atoms in total. The predicted molar refractivity (Wildman–Crippen MR) is 73.5 cm³/mol. The lowest BCUT2D eigenvalue weighted by atomic mass is 10.0. The molecule has 0 unspecified atom stereocenters. The first-order valence-electron chi connectivity index (χ1n) is 6.45. The predicted octanol–water partition coefficient (Wildman–Crippen LogP) is 2.44. The van der Waals surface area contributed by atoms with Crippen LogP contribution in [-0.2, 0) is 11.3 Å². The minimum atomic E-state index is -0.385. The van der Waals surface area contributed by atoms with E-state index in [4.69, 9.17) is 11.6 Å². The fraction of sp³-hybridized carbons (Fsp3) is 0.500. The van der Waals surface area contributed by atoms with E-state index in [9.17, 15) is 9.18 Å². The molecule has 1 amide bonds. The van der Waals surface area contributed by atoms with Crippen molar-refractivity contribution >= 4 is 17.5 Å². The number of benzene rings is 1. The maximum Gasteiger partial charge on any atom is 0.220 e. The molecule has 2 rings (SSSR count). The molecule has 0 aromatic heterocycles. The molecule has 1 N–H and O–H groups in total. The molecule has 104 valence electrons. The number of nitrogens with one attached hydrogen (secondary N) is 1. The van der Waals surface area contributed by atoms with Gasteiger partial charge in [-0.25, -0.2) is 4.39 Å². The van der Waals surface area contributed by atoms with Gasteiger partial charge >= 0.3 is 0 Å². The smallest absolute Gasteiger partial charge is 0.220 e. The Morgan fingerprint density at radius 3 is 3.05 bits per heavy atom. The summed E-state index contributed by atoms with van der Waals surface area (Å²) in [6.07, 6.45) is 1.61. The van der Waals surface area contributed by atoms with Gasteiger partial charge in [-0.3, -0.25) is 9.69 Å². The summed E-state index contributed by atoms with van der Waals surface area (Å²) in [6.45, 7) is 2.63. The normalized spacial score (nSPS) is 19.6. The number of nitrogens with zero attached hydrogens (tertiary/aromatic N) is 1. The van der Waals surface area contributed by atoms with E-state index in [2.05, 4.69) is 10.2 Å². The van der Waals surface area contributed by atoms with Crippen LogP contribution >= 0.6 is 11.6 Å². The highest BCUT2D eigenvalue weighted by Crippen LogP contribution is 2.23. The maximum atomic E-state index is 13.1. The Balaban J connectivity index is 1.87. The molecule has 19 heavy (non-hydrogen) atoms. The van der Waals surface area contributed by atoms with Crippen LogP contribution in [0.2, 0.25) is 5.02 Å². The van der Waals surface area contributed by atoms with Crippen LogP contribution in [0, 0.1) is 11.7 Å². The number of halogens is 2. The Labute approximate surface area is 117 Å². The molecule has 0 bridgehead atoms. The third kappa shape index (κ3) is 3.91. The van der Waals surface area contributed by atoms with Crippen LogP contribution in [0.3, 0.4) is 0 Å². The molecule has 1 fully saturated rings. The molecule has 1 atom stereocenters. The highest BCUT2D eigenvalue weighted by atomic mass is 35.5. The molecule has 0 aliphatic carbocycles. The summed E-state index contributed by atoms with van der Waals surface area (Å²) < 4.78 is 13.1. The monoisotopic (exact) mass is 284 g/mol. The lowest BCUT2D eigenvalue weighted by Crippen LogP contribution is -2.24. The standard InChI is InChI=1S/C14H18ClFN2O/c1-17-14(19)7-11-4-5-18(9-11)8-10-2-3-13(16)12(15)6-10/h2-3,6,11H,4-5,7-9H2,1H3,(H,17,19)/t11-/m1/s1. The van der Waals surface area contributed by atoms with Crippen molar-refractivity contribution < 1.29 is 9.18 Å². The molecule has 0 spiro atoms. The van der Waals surface area contributed by atoms with Gasteiger partial charge in [0.1, 0.15) is 5.82 Å². The first kappa shape index (κ1) is 14.3. The molecule has 1 aliphatic heterocycles. The number of amides is 1. The highest BCUT2D eigenvalue weighted by Gasteiger charge is 2.24. The summed E-state index contributed by atoms with van der Waals surface area (Å²) in [5, 5.41) is 2.82. The quantitative estimate of drug-likeness (QED) is 0.921. The van der Waals surface area contributed by atoms with Crippen LogP contribution in [0.25, 0.3) is 0 Å². The fourth-order valence-electron chi connectivity index (χ4n) is 2.48. The lowest BCUT2D eigenvalue weighted by molar-refractivity contribution is -0.121. The molecular weight excluding hydrogens is 267 g/mol. The summed E-state index contributed by atoms with van der Waals surface area (Å²) in [5.74, 6) is 0.122. The van der Waals surface area contributed by atoms with Crippen molar-refractivity contribution in [2.45, 2.75) is 19.4 Å². The van der Waals surface area contributed by atoms with Crippen molar-refractivity contribution in [2.75, 3.05) is 20.1 Å². The van der Waals surface area contributed by atoms with E-state index in [-0.39, 0.29) is 16.7 Å². The molecule has 1 aliphatic rings. The molecule has 1 aromatic rings. The van der Waals surface area contributed by atoms with E-state index < -0.39 is 0 Å². The molecule has 5 heteroatoms. The molecule has 1 heterocycles. The third-order valence-corrected chi connectivity index (χ3v) is 3.80. The van der Waals surface area contributed by atoms with Crippen molar-refractivity contribution in [2.24, 2.45) is 5.92 Å². The second kappa shape index (κ2) is 6.35. The highest BCUT2D eigenvalue weighted by molar-refractivity contribution is 6.30. The van der Waals surface area contributed by atoms with Crippen LogP contribution in [0.1, 0.15) is 18.4 Å². The number of likely N-dealkylation sites (tertiary alicyclic amines) is 1. The van der Waals surface area contributed by atoms with E-state index in [1.54, 1.807) is 19.2 Å². The summed E-state index contributed by atoms with van der Waals surface area (Å²) in [5.41, 5.74) is 1.01. The topological polar surface area (TPSA) is 32.3 Å². The zero-order valence-electron chi connectivity index (χ0n) is 11.0. The van der Waals surface area contributed by atoms with Gasteiger partial charge in [-0.15, -0.1) is 0 Å². The summed E-state index contributed by atoms with van der Waals surface area (Å²) in [4.78, 5) is 13.6. The van der Waals surface area contributed by atoms with Crippen LogP contribution in [0.15, 0.2) is 18.2 Å². The Hall–Kier alpha value is -1.13. The van der Waals surface area contributed by atoms with Gasteiger partial charge in [-0.2, -0.15) is 0 Å². The van der Waals surface area contributed by atoms with Crippen LogP contribution in [-0.4, -0.2) is 30.9 Å². The number of carbonyl (C=O) groups is 1. The second-order valence-corrected chi connectivity index (χ2v) is 5.42. The van der Waals surface area contributed by atoms with E-state index in [0.717, 1.165) is 31.6 Å². The molecule has 1 saturated heterocycles. The van der Waals surface area contributed by atoms with Crippen molar-refractivity contribution in [1.82, 2.24) is 10.2 Å². The maximum absolute atomic E-state index is 13.1. The van der Waals surface area contributed by atoms with Crippen molar-refractivity contribution in [3.63, 3.8) is 0 Å². The molecule has 1 aromatic carbocycles. The lowest BCUT2D eigenvalue weighted by Gasteiger charge is -2.16. The van der Waals surface area contributed by atoms with Gasteiger partial charge in [0.25, 0.3) is 0 Å². The number of rotatable bonds is 4. The number of hydrogen-bond acceptors (Lipinski definition) is 2. The van der Waals surface area contributed by atoms with Crippen LogP contribution in [0.5, 0.6) is 0 Å². The zero-order chi connectivity index (χ0) is 13.8. The number of hydrogen-bond donors (Lipinski definition) is 1. The van der Waals surface area contributed by atoms with E-state index in [1.165, 1.54) is 6.07 Å². The SMILES string of the molecule is CNC(=O)C[C@H]1CCN(Cc2ccc(F)c(Cl)c2)C1. The molecular formula is C14H18ClFN2O. The van der Waals surface area contributed by atoms with Gasteiger partial charge in [0, 0.05) is 26.6 Å². The Kier molecular flexibility index (Phi) is 4.77. The number of carbonyl (C=O) groups excluding carboxylic acids is 1. The van der Waals surface area contributed by atoms with Gasteiger partial charge in [0.15, 0.2) is 0 Å². The summed E-state index contributed by atoms with van der Waals surface area (Å²) >= 11 is 5.77. The third-order valence-electron chi connectivity index (χ3n) is 3.51. The largest absolute Gasteiger partial charge is 0.359 e. The van der Waals surface area contributed by atoms with Crippen molar-refractivity contribution in [3.8, 4) is 0 Å². The van der Waals surface area contributed by atoms with Crippen molar-refractivity contribution in [1.29, 1.82) is 0 Å². The van der Waals surface area contributed by atoms with Gasteiger partial charge in [-0.05, 0) is 36.6 Å². The Bertz CT molecular complexity index is 467. The van der Waals surface area contributed by atoms with E-state index >= 15 is 0 Å². The summed E-state index contributed by atoms with van der Waals surface area (Å²) in [6, 6.07) is 4.83. The van der Waals surface area contributed by atoms with E-state index in [1.807, 2.05) is 0 Å².